The molecule has 1 aromatic heterocycles. The van der Waals surface area contributed by atoms with Crippen LogP contribution >= 0.6 is 0 Å². The Hall–Kier alpha value is -1.62. The van der Waals surface area contributed by atoms with Crippen LogP contribution in [0.1, 0.15) is 29.6 Å². The molecule has 1 aromatic rings. The number of hydrogen-bond donors (Lipinski definition) is 2. The largest absolute Gasteiger partial charge is 0.376 e. The van der Waals surface area contributed by atoms with Gasteiger partial charge >= 0.3 is 0 Å². The van der Waals surface area contributed by atoms with E-state index in [1.165, 1.54) is 31.2 Å². The topological polar surface area (TPSA) is 71.2 Å². The summed E-state index contributed by atoms with van der Waals surface area (Å²) < 4.78 is 5.67. The van der Waals surface area contributed by atoms with Crippen molar-refractivity contribution in [3.63, 3.8) is 0 Å². The van der Waals surface area contributed by atoms with Crippen LogP contribution in [0.5, 0.6) is 0 Å². The Bertz CT molecular complexity index is 487. The maximum atomic E-state index is 12.0. The third-order valence-corrected chi connectivity index (χ3v) is 3.59. The zero-order chi connectivity index (χ0) is 12.5. The highest BCUT2D eigenvalue weighted by atomic mass is 16.5. The summed E-state index contributed by atoms with van der Waals surface area (Å²) in [4.78, 5) is 25.4. The molecule has 18 heavy (non-hydrogen) atoms. The smallest absolute Gasteiger partial charge is 0.253 e. The molecule has 5 nitrogen and oxygen atoms in total. The van der Waals surface area contributed by atoms with Crippen LogP contribution in [0, 0.1) is 5.92 Å². The minimum Gasteiger partial charge on any atom is -0.376 e. The average Bonchev–Trinajstić information content (AvgIpc) is 3.11. The van der Waals surface area contributed by atoms with Gasteiger partial charge in [0, 0.05) is 18.9 Å². The molecule has 1 amide bonds. The lowest BCUT2D eigenvalue weighted by molar-refractivity contribution is 0.0729. The van der Waals surface area contributed by atoms with Crippen LogP contribution < -0.4 is 10.9 Å². The molecule has 1 aliphatic heterocycles. The van der Waals surface area contributed by atoms with Gasteiger partial charge in [-0.05, 0) is 31.2 Å². The monoisotopic (exact) mass is 248 g/mol. The van der Waals surface area contributed by atoms with Gasteiger partial charge in [-0.25, -0.2) is 0 Å². The van der Waals surface area contributed by atoms with Crippen LogP contribution in [0.15, 0.2) is 23.1 Å². The Morgan fingerprint density at radius 2 is 2.17 bits per heavy atom. The van der Waals surface area contributed by atoms with E-state index in [-0.39, 0.29) is 23.6 Å². The van der Waals surface area contributed by atoms with Crippen molar-refractivity contribution in [3.05, 3.63) is 34.2 Å². The maximum Gasteiger partial charge on any atom is 0.253 e. The van der Waals surface area contributed by atoms with Gasteiger partial charge in [-0.1, -0.05) is 0 Å². The Morgan fingerprint density at radius 3 is 2.83 bits per heavy atom. The third-order valence-electron chi connectivity index (χ3n) is 3.59. The highest BCUT2D eigenvalue weighted by Crippen LogP contribution is 2.38. The molecule has 1 saturated heterocycles. The molecule has 1 saturated carbocycles. The molecule has 1 aliphatic carbocycles. The molecule has 2 N–H and O–H groups in total. The quantitative estimate of drug-likeness (QED) is 0.826. The van der Waals surface area contributed by atoms with Crippen molar-refractivity contribution in [1.29, 1.82) is 0 Å². The Labute approximate surface area is 105 Å². The Balaban J connectivity index is 1.66. The lowest BCUT2D eigenvalue weighted by atomic mass is 10.1. The fourth-order valence-electron chi connectivity index (χ4n) is 2.46. The van der Waals surface area contributed by atoms with Crippen molar-refractivity contribution in [2.75, 3.05) is 6.61 Å². The number of carbonyl (C=O) groups excluding carboxylic acids is 1. The van der Waals surface area contributed by atoms with Crippen molar-refractivity contribution in [2.24, 2.45) is 5.92 Å². The molecule has 2 aliphatic rings. The molecule has 2 fully saturated rings. The van der Waals surface area contributed by atoms with Crippen molar-refractivity contribution in [1.82, 2.24) is 10.3 Å². The molecule has 0 radical (unpaired) electrons. The van der Waals surface area contributed by atoms with Crippen molar-refractivity contribution in [3.8, 4) is 0 Å². The minimum absolute atomic E-state index is 0.108. The fourth-order valence-corrected chi connectivity index (χ4v) is 2.46. The molecule has 0 bridgehead atoms. The molecular weight excluding hydrogens is 232 g/mol. The molecule has 3 rings (SSSR count). The van der Waals surface area contributed by atoms with Gasteiger partial charge in [0.2, 0.25) is 5.56 Å². The second kappa shape index (κ2) is 4.57. The highest BCUT2D eigenvalue weighted by molar-refractivity contribution is 5.94. The summed E-state index contributed by atoms with van der Waals surface area (Å²) in [7, 11) is 0. The number of aromatic amines is 1. The van der Waals surface area contributed by atoms with Gasteiger partial charge in [-0.3, -0.25) is 9.59 Å². The van der Waals surface area contributed by atoms with Crippen LogP contribution in [0.2, 0.25) is 0 Å². The van der Waals surface area contributed by atoms with E-state index in [0.717, 1.165) is 13.0 Å². The Kier molecular flexibility index (Phi) is 2.91. The highest BCUT2D eigenvalue weighted by Gasteiger charge is 2.41. The van der Waals surface area contributed by atoms with Gasteiger partial charge in [0.05, 0.1) is 17.7 Å². The van der Waals surface area contributed by atoms with E-state index in [9.17, 15) is 9.59 Å². The zero-order valence-corrected chi connectivity index (χ0v) is 10.0. The van der Waals surface area contributed by atoms with Gasteiger partial charge in [-0.2, -0.15) is 0 Å². The zero-order valence-electron chi connectivity index (χ0n) is 10.0. The van der Waals surface area contributed by atoms with E-state index in [4.69, 9.17) is 4.74 Å². The van der Waals surface area contributed by atoms with E-state index in [1.807, 2.05) is 0 Å². The lowest BCUT2D eigenvalue weighted by Crippen LogP contribution is -2.41. The van der Waals surface area contributed by atoms with Crippen LogP contribution in [-0.4, -0.2) is 29.6 Å². The number of H-pyrrole nitrogens is 1. The first kappa shape index (κ1) is 11.5. The standard InChI is InChI=1S/C13H16N2O3/c16-11-4-3-9(7-14-11)13(17)15-10-5-6-18-12(10)8-1-2-8/h3-4,7-8,10,12H,1-2,5-6H2,(H,14,16)(H,15,17). The molecule has 0 aromatic carbocycles. The second-order valence-electron chi connectivity index (χ2n) is 4.98. The summed E-state index contributed by atoms with van der Waals surface area (Å²) >= 11 is 0. The first-order valence-corrected chi connectivity index (χ1v) is 6.35. The molecule has 2 heterocycles. The second-order valence-corrected chi connectivity index (χ2v) is 4.98. The van der Waals surface area contributed by atoms with Crippen LogP contribution in [0.3, 0.4) is 0 Å². The number of nitrogens with one attached hydrogen (secondary N) is 2. The van der Waals surface area contributed by atoms with E-state index >= 15 is 0 Å². The molecule has 2 atom stereocenters. The number of carbonyl (C=O) groups is 1. The predicted octanol–water partition coefficient (Wildman–Crippen LogP) is 0.672. The van der Waals surface area contributed by atoms with Crippen LogP contribution in [0.4, 0.5) is 0 Å². The van der Waals surface area contributed by atoms with Crippen molar-refractivity contribution in [2.45, 2.75) is 31.4 Å². The van der Waals surface area contributed by atoms with Gasteiger partial charge in [0.15, 0.2) is 0 Å². The fraction of sp³-hybridized carbons (Fsp3) is 0.538. The summed E-state index contributed by atoms with van der Waals surface area (Å²) in [5.74, 6) is 0.473. The molecule has 0 spiro atoms. The SMILES string of the molecule is O=C(NC1CCOC1C1CC1)c1ccc(=O)[nH]c1. The molecule has 5 heteroatoms. The summed E-state index contributed by atoms with van der Waals surface area (Å²) in [5.41, 5.74) is 0.280. The van der Waals surface area contributed by atoms with Gasteiger partial charge in [-0.15, -0.1) is 0 Å². The Morgan fingerprint density at radius 1 is 1.33 bits per heavy atom. The van der Waals surface area contributed by atoms with Crippen LogP contribution in [0.25, 0.3) is 0 Å². The summed E-state index contributed by atoms with van der Waals surface area (Å²) in [6.45, 7) is 0.720. The van der Waals surface area contributed by atoms with E-state index in [0.29, 0.717) is 11.5 Å². The number of rotatable bonds is 3. The van der Waals surface area contributed by atoms with Crippen molar-refractivity contribution >= 4 is 5.91 Å². The molecular formula is C13H16N2O3. The molecule has 96 valence electrons. The molecule has 2 unspecified atom stereocenters. The maximum absolute atomic E-state index is 12.0. The predicted molar refractivity (Wildman–Crippen MR) is 65.4 cm³/mol. The summed E-state index contributed by atoms with van der Waals surface area (Å²) in [6.07, 6.45) is 4.90. The number of ether oxygens (including phenoxy) is 1. The van der Waals surface area contributed by atoms with E-state index in [1.54, 1.807) is 0 Å². The van der Waals surface area contributed by atoms with E-state index in [2.05, 4.69) is 10.3 Å². The number of hydrogen-bond acceptors (Lipinski definition) is 3. The first-order chi connectivity index (χ1) is 8.74. The third kappa shape index (κ3) is 2.31. The average molecular weight is 248 g/mol. The summed E-state index contributed by atoms with van der Waals surface area (Å²) in [5, 5.41) is 3.00. The van der Waals surface area contributed by atoms with Crippen molar-refractivity contribution < 1.29 is 9.53 Å². The van der Waals surface area contributed by atoms with E-state index < -0.39 is 0 Å². The number of pyridine rings is 1. The first-order valence-electron chi connectivity index (χ1n) is 6.35. The normalized spacial score (nSPS) is 27.1. The number of aromatic nitrogens is 1. The number of amides is 1. The minimum atomic E-state index is -0.202. The van der Waals surface area contributed by atoms with Crippen LogP contribution in [-0.2, 0) is 4.74 Å². The summed E-state index contributed by atoms with van der Waals surface area (Å²) in [6, 6.07) is 3.01. The van der Waals surface area contributed by atoms with Gasteiger partial charge in [0.25, 0.3) is 5.91 Å². The lowest BCUT2D eigenvalue weighted by Gasteiger charge is -2.19. The van der Waals surface area contributed by atoms with Gasteiger partial charge in [0.1, 0.15) is 0 Å². The van der Waals surface area contributed by atoms with Gasteiger partial charge < -0.3 is 15.0 Å².